The summed E-state index contributed by atoms with van der Waals surface area (Å²) < 4.78 is 1.93. The van der Waals surface area contributed by atoms with Crippen LogP contribution in [0.3, 0.4) is 0 Å². The second-order valence-corrected chi connectivity index (χ2v) is 4.88. The van der Waals surface area contributed by atoms with E-state index >= 15 is 0 Å². The lowest BCUT2D eigenvalue weighted by Gasteiger charge is -2.12. The Bertz CT molecular complexity index is 761. The van der Waals surface area contributed by atoms with Gasteiger partial charge >= 0.3 is 0 Å². The van der Waals surface area contributed by atoms with Gasteiger partial charge in [-0.1, -0.05) is 24.3 Å². The third-order valence-corrected chi connectivity index (χ3v) is 3.63. The summed E-state index contributed by atoms with van der Waals surface area (Å²) in [5.41, 5.74) is 5.68. The standard InChI is InChI=1S/C16H16N4.H3N/c1-11-12(2)17-9-8-13(11)14-6-4-5-7-15(14)16-19-18-10-20(16)3;/h4-10H,1-3H3;1H3. The van der Waals surface area contributed by atoms with Gasteiger partial charge in [0, 0.05) is 24.5 Å². The molecule has 0 unspecified atom stereocenters. The zero-order valence-electron chi connectivity index (χ0n) is 12.5. The minimum absolute atomic E-state index is 0. The predicted octanol–water partition coefficient (Wildman–Crippen LogP) is 3.32. The Morgan fingerprint density at radius 3 is 2.33 bits per heavy atom. The average molecular weight is 281 g/mol. The van der Waals surface area contributed by atoms with Gasteiger partial charge in [0.25, 0.3) is 0 Å². The summed E-state index contributed by atoms with van der Waals surface area (Å²) in [7, 11) is 1.96. The van der Waals surface area contributed by atoms with Gasteiger partial charge in [0.05, 0.1) is 0 Å². The molecule has 0 aliphatic rings. The van der Waals surface area contributed by atoms with E-state index in [-0.39, 0.29) is 6.15 Å². The number of benzene rings is 1. The number of hydrogen-bond donors (Lipinski definition) is 1. The molecule has 0 saturated carbocycles. The summed E-state index contributed by atoms with van der Waals surface area (Å²) in [6, 6.07) is 10.3. The van der Waals surface area contributed by atoms with Gasteiger partial charge in [-0.15, -0.1) is 10.2 Å². The maximum absolute atomic E-state index is 4.34. The molecule has 0 aliphatic heterocycles. The number of hydrogen-bond acceptors (Lipinski definition) is 4. The van der Waals surface area contributed by atoms with Gasteiger partial charge in [-0.2, -0.15) is 0 Å². The van der Waals surface area contributed by atoms with Crippen LogP contribution < -0.4 is 6.15 Å². The smallest absolute Gasteiger partial charge is 0.164 e. The Balaban J connectivity index is 0.00000161. The van der Waals surface area contributed by atoms with Crippen LogP contribution in [0.5, 0.6) is 0 Å². The summed E-state index contributed by atoms with van der Waals surface area (Å²) in [6.45, 7) is 4.13. The molecule has 0 amide bonds. The highest BCUT2D eigenvalue weighted by atomic mass is 15.2. The van der Waals surface area contributed by atoms with E-state index in [1.54, 1.807) is 6.33 Å². The summed E-state index contributed by atoms with van der Waals surface area (Å²) in [5.74, 6) is 0.870. The van der Waals surface area contributed by atoms with Crippen LogP contribution in [-0.4, -0.2) is 19.7 Å². The van der Waals surface area contributed by atoms with E-state index in [4.69, 9.17) is 0 Å². The van der Waals surface area contributed by atoms with Crippen LogP contribution in [0.2, 0.25) is 0 Å². The zero-order chi connectivity index (χ0) is 14.1. The van der Waals surface area contributed by atoms with Crippen molar-refractivity contribution in [3.63, 3.8) is 0 Å². The lowest BCUT2D eigenvalue weighted by molar-refractivity contribution is 0.920. The molecule has 5 heteroatoms. The van der Waals surface area contributed by atoms with E-state index in [0.717, 1.165) is 22.6 Å². The quantitative estimate of drug-likeness (QED) is 0.781. The fourth-order valence-electron chi connectivity index (χ4n) is 2.37. The SMILES string of the molecule is Cc1nccc(-c2ccccc2-c2nncn2C)c1C.N. The molecule has 1 aromatic carbocycles. The van der Waals surface area contributed by atoms with Gasteiger partial charge in [0.15, 0.2) is 5.82 Å². The van der Waals surface area contributed by atoms with Crippen LogP contribution in [-0.2, 0) is 7.05 Å². The minimum atomic E-state index is 0. The van der Waals surface area contributed by atoms with Crippen LogP contribution in [0.25, 0.3) is 22.5 Å². The Morgan fingerprint density at radius 1 is 0.952 bits per heavy atom. The molecule has 3 rings (SSSR count). The molecular weight excluding hydrogens is 262 g/mol. The van der Waals surface area contributed by atoms with E-state index < -0.39 is 0 Å². The number of aryl methyl sites for hydroxylation is 2. The molecule has 2 aromatic heterocycles. The normalized spacial score (nSPS) is 10.2. The second kappa shape index (κ2) is 5.85. The first-order valence-corrected chi connectivity index (χ1v) is 6.54. The fourth-order valence-corrected chi connectivity index (χ4v) is 2.37. The van der Waals surface area contributed by atoms with E-state index in [9.17, 15) is 0 Å². The van der Waals surface area contributed by atoms with E-state index in [1.807, 2.05) is 36.9 Å². The monoisotopic (exact) mass is 281 g/mol. The summed E-state index contributed by atoms with van der Waals surface area (Å²) in [5, 5.41) is 8.20. The summed E-state index contributed by atoms with van der Waals surface area (Å²) in [4.78, 5) is 4.34. The third kappa shape index (κ3) is 2.55. The van der Waals surface area contributed by atoms with Crippen molar-refractivity contribution < 1.29 is 0 Å². The first-order chi connectivity index (χ1) is 9.68. The fraction of sp³-hybridized carbons (Fsp3) is 0.188. The number of pyridine rings is 1. The van der Waals surface area contributed by atoms with Crippen molar-refractivity contribution in [3.05, 3.63) is 54.1 Å². The van der Waals surface area contributed by atoms with Crippen molar-refractivity contribution in [2.45, 2.75) is 13.8 Å². The van der Waals surface area contributed by atoms with Crippen LogP contribution in [0.15, 0.2) is 42.9 Å². The summed E-state index contributed by atoms with van der Waals surface area (Å²) in [6.07, 6.45) is 3.57. The Hall–Kier alpha value is -2.53. The molecule has 0 fully saturated rings. The maximum atomic E-state index is 4.34. The Labute approximate surface area is 124 Å². The van der Waals surface area contributed by atoms with Crippen LogP contribution >= 0.6 is 0 Å². The van der Waals surface area contributed by atoms with Crippen molar-refractivity contribution in [2.24, 2.45) is 7.05 Å². The van der Waals surface area contributed by atoms with Crippen molar-refractivity contribution in [1.29, 1.82) is 0 Å². The molecule has 0 atom stereocenters. The highest BCUT2D eigenvalue weighted by Gasteiger charge is 2.13. The van der Waals surface area contributed by atoms with E-state index in [0.29, 0.717) is 0 Å². The average Bonchev–Trinajstić information content (AvgIpc) is 2.88. The summed E-state index contributed by atoms with van der Waals surface area (Å²) >= 11 is 0. The molecule has 3 N–H and O–H groups in total. The molecule has 5 nitrogen and oxygen atoms in total. The van der Waals surface area contributed by atoms with Crippen LogP contribution in [0, 0.1) is 13.8 Å². The lowest BCUT2D eigenvalue weighted by Crippen LogP contribution is -1.96. The van der Waals surface area contributed by atoms with Gasteiger partial charge in [0.2, 0.25) is 0 Å². The van der Waals surface area contributed by atoms with Crippen LogP contribution in [0.4, 0.5) is 0 Å². The number of aromatic nitrogens is 4. The Kier molecular flexibility index (Phi) is 4.14. The van der Waals surface area contributed by atoms with Gasteiger partial charge in [-0.25, -0.2) is 0 Å². The Morgan fingerprint density at radius 2 is 1.67 bits per heavy atom. The minimum Gasteiger partial charge on any atom is -0.344 e. The molecule has 108 valence electrons. The number of nitrogens with zero attached hydrogens (tertiary/aromatic N) is 4. The zero-order valence-corrected chi connectivity index (χ0v) is 12.5. The van der Waals surface area contributed by atoms with Gasteiger partial charge in [-0.3, -0.25) is 4.98 Å². The molecule has 0 aliphatic carbocycles. The van der Waals surface area contributed by atoms with Gasteiger partial charge < -0.3 is 10.7 Å². The maximum Gasteiger partial charge on any atom is 0.164 e. The highest BCUT2D eigenvalue weighted by molar-refractivity contribution is 5.82. The molecule has 2 heterocycles. The molecule has 0 radical (unpaired) electrons. The predicted molar refractivity (Wildman–Crippen MR) is 84.2 cm³/mol. The highest BCUT2D eigenvalue weighted by Crippen LogP contribution is 2.32. The second-order valence-electron chi connectivity index (χ2n) is 4.88. The molecular formula is C16H19N5. The molecule has 0 spiro atoms. The van der Waals surface area contributed by atoms with Gasteiger partial charge in [-0.05, 0) is 36.6 Å². The third-order valence-electron chi connectivity index (χ3n) is 3.63. The number of rotatable bonds is 2. The first kappa shape index (κ1) is 14.9. The largest absolute Gasteiger partial charge is 0.344 e. The van der Waals surface area contributed by atoms with Crippen molar-refractivity contribution in [2.75, 3.05) is 0 Å². The van der Waals surface area contributed by atoms with E-state index in [2.05, 4.69) is 40.3 Å². The van der Waals surface area contributed by atoms with Crippen LogP contribution in [0.1, 0.15) is 11.3 Å². The van der Waals surface area contributed by atoms with E-state index in [1.165, 1.54) is 11.1 Å². The first-order valence-electron chi connectivity index (χ1n) is 6.54. The molecule has 0 saturated heterocycles. The molecule has 3 aromatic rings. The van der Waals surface area contributed by atoms with Crippen molar-refractivity contribution in [1.82, 2.24) is 25.9 Å². The molecule has 0 bridgehead atoms. The van der Waals surface area contributed by atoms with Gasteiger partial charge in [0.1, 0.15) is 6.33 Å². The van der Waals surface area contributed by atoms with Crippen molar-refractivity contribution in [3.8, 4) is 22.5 Å². The molecule has 21 heavy (non-hydrogen) atoms. The lowest BCUT2D eigenvalue weighted by atomic mass is 9.95. The van der Waals surface area contributed by atoms with Crippen molar-refractivity contribution >= 4 is 0 Å². The topological polar surface area (TPSA) is 78.6 Å².